The Bertz CT molecular complexity index is 668. The molecular weight excluding hydrogens is 314 g/mol. The third-order valence-electron chi connectivity index (χ3n) is 5.02. The molecule has 0 bridgehead atoms. The van der Waals surface area contributed by atoms with Gasteiger partial charge >= 0.3 is 0 Å². The molecule has 1 atom stereocenters. The lowest BCUT2D eigenvalue weighted by Gasteiger charge is -2.32. The Morgan fingerprint density at radius 3 is 3.00 bits per heavy atom. The summed E-state index contributed by atoms with van der Waals surface area (Å²) >= 11 is 0. The molecule has 0 unspecified atom stereocenters. The van der Waals surface area contributed by atoms with Gasteiger partial charge in [-0.25, -0.2) is 8.78 Å². The second-order valence-corrected chi connectivity index (χ2v) is 6.84. The highest BCUT2D eigenvalue weighted by Crippen LogP contribution is 2.28. The topological polar surface area (TPSA) is 53.0 Å². The summed E-state index contributed by atoms with van der Waals surface area (Å²) in [5.74, 6) is -2.53. The van der Waals surface area contributed by atoms with Crippen LogP contribution in [-0.2, 0) is 19.6 Å². The predicted molar refractivity (Wildman–Crippen MR) is 84.5 cm³/mol. The van der Waals surface area contributed by atoms with Crippen LogP contribution in [0.15, 0.2) is 24.7 Å². The average molecular weight is 336 g/mol. The lowest BCUT2D eigenvalue weighted by Crippen LogP contribution is -2.42. The van der Waals surface area contributed by atoms with E-state index in [4.69, 9.17) is 0 Å². The Morgan fingerprint density at radius 1 is 1.33 bits per heavy atom. The highest BCUT2D eigenvalue weighted by molar-refractivity contribution is 5.07. The quantitative estimate of drug-likeness (QED) is 0.924. The number of hydrogen-bond donors (Lipinski definition) is 1. The van der Waals surface area contributed by atoms with Crippen LogP contribution in [-0.4, -0.2) is 61.4 Å². The van der Waals surface area contributed by atoms with Gasteiger partial charge in [0.2, 0.25) is 0 Å². The van der Waals surface area contributed by atoms with Crippen LogP contribution >= 0.6 is 0 Å². The number of likely N-dealkylation sites (tertiary alicyclic amines) is 1. The van der Waals surface area contributed by atoms with Crippen molar-refractivity contribution in [1.82, 2.24) is 29.8 Å². The minimum atomic E-state index is -2.53. The number of alkyl halides is 2. The van der Waals surface area contributed by atoms with Gasteiger partial charge in [0, 0.05) is 63.1 Å². The van der Waals surface area contributed by atoms with Gasteiger partial charge in [-0.2, -0.15) is 10.2 Å². The summed E-state index contributed by atoms with van der Waals surface area (Å²) < 4.78 is 29.1. The van der Waals surface area contributed by atoms with Gasteiger partial charge in [-0.3, -0.25) is 19.6 Å². The van der Waals surface area contributed by atoms with Gasteiger partial charge in [-0.15, -0.1) is 0 Å². The number of hydrogen-bond acceptors (Lipinski definition) is 4. The normalized spacial score (nSPS) is 24.8. The van der Waals surface area contributed by atoms with E-state index in [1.165, 1.54) is 5.69 Å². The highest BCUT2D eigenvalue weighted by atomic mass is 19.3. The maximum absolute atomic E-state index is 13.5. The molecule has 1 N–H and O–H groups in total. The van der Waals surface area contributed by atoms with Gasteiger partial charge < -0.3 is 0 Å². The number of H-pyrrole nitrogens is 1. The number of fused-ring (bicyclic) bond motifs is 1. The molecule has 6 nitrogen and oxygen atoms in total. The fourth-order valence-corrected chi connectivity index (χ4v) is 3.74. The first kappa shape index (κ1) is 15.7. The Kier molecular flexibility index (Phi) is 4.09. The molecule has 4 heterocycles. The summed E-state index contributed by atoms with van der Waals surface area (Å²) in [5.41, 5.74) is 2.28. The van der Waals surface area contributed by atoms with E-state index in [0.717, 1.165) is 31.6 Å². The van der Waals surface area contributed by atoms with Gasteiger partial charge in [0.25, 0.3) is 5.92 Å². The molecule has 1 saturated heterocycles. The van der Waals surface area contributed by atoms with Crippen LogP contribution in [0.4, 0.5) is 8.78 Å². The minimum absolute atomic E-state index is 0.0248. The summed E-state index contributed by atoms with van der Waals surface area (Å²) in [6.45, 7) is 3.41. The fraction of sp³-hybridized carbons (Fsp3) is 0.625. The van der Waals surface area contributed by atoms with Crippen LogP contribution in [0, 0.1) is 0 Å². The Hall–Kier alpha value is -1.80. The first-order valence-corrected chi connectivity index (χ1v) is 8.42. The lowest BCUT2D eigenvalue weighted by atomic mass is 10.1. The van der Waals surface area contributed by atoms with Crippen LogP contribution < -0.4 is 0 Å². The summed E-state index contributed by atoms with van der Waals surface area (Å²) in [5, 5.41) is 11.2. The molecule has 2 aliphatic rings. The molecule has 0 radical (unpaired) electrons. The van der Waals surface area contributed by atoms with E-state index >= 15 is 0 Å². The van der Waals surface area contributed by atoms with Crippen molar-refractivity contribution in [2.75, 3.05) is 19.6 Å². The highest BCUT2D eigenvalue weighted by Gasteiger charge is 2.39. The predicted octanol–water partition coefficient (Wildman–Crippen LogP) is 1.72. The molecule has 130 valence electrons. The van der Waals surface area contributed by atoms with Crippen LogP contribution in [0.5, 0.6) is 0 Å². The molecule has 2 aromatic rings. The summed E-state index contributed by atoms with van der Waals surface area (Å²) in [6.07, 6.45) is 6.43. The molecule has 0 spiro atoms. The van der Waals surface area contributed by atoms with E-state index in [9.17, 15) is 8.78 Å². The van der Waals surface area contributed by atoms with Crippen LogP contribution in [0.3, 0.4) is 0 Å². The van der Waals surface area contributed by atoms with Gasteiger partial charge in [0.05, 0.1) is 18.4 Å². The molecule has 4 rings (SSSR count). The number of aromatic nitrogens is 4. The van der Waals surface area contributed by atoms with E-state index in [-0.39, 0.29) is 19.0 Å². The first-order valence-electron chi connectivity index (χ1n) is 8.42. The third-order valence-corrected chi connectivity index (χ3v) is 5.02. The molecule has 2 aromatic heterocycles. The number of nitrogens with zero attached hydrogens (tertiary/aromatic N) is 5. The van der Waals surface area contributed by atoms with E-state index in [2.05, 4.69) is 20.2 Å². The zero-order chi connectivity index (χ0) is 16.6. The number of rotatable bonds is 4. The molecule has 0 amide bonds. The molecule has 0 aliphatic carbocycles. The van der Waals surface area contributed by atoms with E-state index in [1.807, 2.05) is 34.2 Å². The number of nitrogens with one attached hydrogen (secondary N) is 1. The maximum Gasteiger partial charge on any atom is 0.261 e. The van der Waals surface area contributed by atoms with Crippen molar-refractivity contribution < 1.29 is 8.78 Å². The monoisotopic (exact) mass is 336 g/mol. The Labute approximate surface area is 139 Å². The number of aromatic amines is 1. The van der Waals surface area contributed by atoms with Crippen molar-refractivity contribution >= 4 is 0 Å². The van der Waals surface area contributed by atoms with E-state index in [0.29, 0.717) is 13.1 Å². The van der Waals surface area contributed by atoms with Crippen molar-refractivity contribution in [3.8, 4) is 0 Å². The Balaban J connectivity index is 1.50. The molecule has 0 saturated carbocycles. The second-order valence-electron chi connectivity index (χ2n) is 6.84. The molecule has 0 aromatic carbocycles. The summed E-state index contributed by atoms with van der Waals surface area (Å²) in [4.78, 5) is 4.27. The van der Waals surface area contributed by atoms with Crippen molar-refractivity contribution in [2.24, 2.45) is 0 Å². The van der Waals surface area contributed by atoms with Crippen LogP contribution in [0.2, 0.25) is 0 Å². The molecule has 24 heavy (non-hydrogen) atoms. The largest absolute Gasteiger partial charge is 0.296 e. The smallest absolute Gasteiger partial charge is 0.261 e. The first-order chi connectivity index (χ1) is 11.6. The minimum Gasteiger partial charge on any atom is -0.296 e. The number of halogens is 2. The lowest BCUT2D eigenvalue weighted by molar-refractivity contribution is 0.00864. The van der Waals surface area contributed by atoms with Gasteiger partial charge in [0.15, 0.2) is 0 Å². The Morgan fingerprint density at radius 2 is 2.25 bits per heavy atom. The van der Waals surface area contributed by atoms with E-state index in [1.54, 1.807) is 0 Å². The third kappa shape index (κ3) is 3.34. The SMILES string of the molecule is FC1(F)CCN(C[C@@H]2CCn3nccc3CN2Cc2cn[nH]c2)C1. The molecule has 1 fully saturated rings. The van der Waals surface area contributed by atoms with Crippen molar-refractivity contribution in [1.29, 1.82) is 0 Å². The zero-order valence-corrected chi connectivity index (χ0v) is 13.5. The summed E-state index contributed by atoms with van der Waals surface area (Å²) in [6, 6.07) is 2.27. The van der Waals surface area contributed by atoms with Crippen LogP contribution in [0.1, 0.15) is 24.1 Å². The van der Waals surface area contributed by atoms with Gasteiger partial charge in [-0.1, -0.05) is 0 Å². The number of aryl methyl sites for hydroxylation is 1. The zero-order valence-electron chi connectivity index (χ0n) is 13.5. The van der Waals surface area contributed by atoms with Gasteiger partial charge in [-0.05, 0) is 12.5 Å². The van der Waals surface area contributed by atoms with Crippen LogP contribution in [0.25, 0.3) is 0 Å². The summed E-state index contributed by atoms with van der Waals surface area (Å²) in [7, 11) is 0. The van der Waals surface area contributed by atoms with Gasteiger partial charge in [0.1, 0.15) is 0 Å². The molecule has 8 heteroatoms. The van der Waals surface area contributed by atoms with Crippen molar-refractivity contribution in [3.05, 3.63) is 35.9 Å². The van der Waals surface area contributed by atoms with Crippen molar-refractivity contribution in [3.63, 3.8) is 0 Å². The van der Waals surface area contributed by atoms with Crippen molar-refractivity contribution in [2.45, 2.75) is 44.4 Å². The standard InChI is InChI=1S/C16H22F2N6/c17-16(18)3-6-22(12-16)10-14-2-5-24-15(1-4-21-24)11-23(14)9-13-7-19-20-8-13/h1,4,7-8,14H,2-3,5-6,9-12H2,(H,19,20)/t14-/m0/s1. The second kappa shape index (κ2) is 6.25. The fourth-order valence-electron chi connectivity index (χ4n) is 3.74. The van der Waals surface area contributed by atoms with E-state index < -0.39 is 5.92 Å². The molecular formula is C16H22F2N6. The molecule has 2 aliphatic heterocycles. The maximum atomic E-state index is 13.5. The average Bonchev–Trinajstić information content (AvgIpc) is 3.24.